The van der Waals surface area contributed by atoms with E-state index in [1.165, 1.54) is 0 Å². The van der Waals surface area contributed by atoms with Gasteiger partial charge in [0.2, 0.25) is 0 Å². The van der Waals surface area contributed by atoms with Crippen LogP contribution in [-0.4, -0.2) is 16.9 Å². The number of hydrogen-bond donors (Lipinski definition) is 0. The fourth-order valence-corrected chi connectivity index (χ4v) is 1.73. The Bertz CT molecular complexity index is 571. The van der Waals surface area contributed by atoms with Crippen molar-refractivity contribution in [2.45, 2.75) is 6.42 Å². The summed E-state index contributed by atoms with van der Waals surface area (Å²) in [5.41, 5.74) is 1.57. The Kier molecular flexibility index (Phi) is 3.31. The molecule has 4 nitrogen and oxygen atoms in total. The number of halogens is 1. The van der Waals surface area contributed by atoms with Crippen LogP contribution in [0.15, 0.2) is 30.5 Å². The van der Waals surface area contributed by atoms with Crippen molar-refractivity contribution in [2.75, 3.05) is 7.11 Å². The highest BCUT2D eigenvalue weighted by molar-refractivity contribution is 6.32. The van der Waals surface area contributed by atoms with Crippen molar-refractivity contribution in [2.24, 2.45) is 0 Å². The second-order valence-corrected chi connectivity index (χ2v) is 3.81. The van der Waals surface area contributed by atoms with Gasteiger partial charge in [-0.3, -0.25) is 0 Å². The van der Waals surface area contributed by atoms with Crippen LogP contribution in [0.4, 0.5) is 0 Å². The molecule has 2 rings (SSSR count). The number of benzene rings is 1. The Balaban J connectivity index is 2.33. The Morgan fingerprint density at radius 1 is 1.47 bits per heavy atom. The first-order valence-electron chi connectivity index (χ1n) is 5.00. The zero-order valence-electron chi connectivity index (χ0n) is 9.22. The second-order valence-electron chi connectivity index (χ2n) is 3.41. The summed E-state index contributed by atoms with van der Waals surface area (Å²) in [6, 6.07) is 9.27. The molecule has 86 valence electrons. The van der Waals surface area contributed by atoms with Crippen LogP contribution in [0.3, 0.4) is 0 Å². The zero-order valence-corrected chi connectivity index (χ0v) is 9.98. The number of ether oxygens (including phenoxy) is 1. The van der Waals surface area contributed by atoms with E-state index >= 15 is 0 Å². The average molecular weight is 248 g/mol. The van der Waals surface area contributed by atoms with E-state index in [1.54, 1.807) is 36.2 Å². The molecule has 17 heavy (non-hydrogen) atoms. The van der Waals surface area contributed by atoms with Gasteiger partial charge in [-0.25, -0.2) is 4.68 Å². The Hall–Kier alpha value is -1.99. The summed E-state index contributed by atoms with van der Waals surface area (Å²) in [7, 11) is 1.57. The first-order valence-corrected chi connectivity index (χ1v) is 5.38. The Morgan fingerprint density at radius 2 is 2.29 bits per heavy atom. The molecule has 0 unspecified atom stereocenters. The van der Waals surface area contributed by atoms with Gasteiger partial charge in [-0.1, -0.05) is 11.6 Å². The SMILES string of the molecule is COc1ccc(-n2ccc(CC#N)n2)cc1Cl. The van der Waals surface area contributed by atoms with Crippen LogP contribution < -0.4 is 4.74 Å². The fraction of sp³-hybridized carbons (Fsp3) is 0.167. The molecule has 1 aromatic carbocycles. The molecule has 1 aromatic heterocycles. The molecule has 0 saturated carbocycles. The van der Waals surface area contributed by atoms with Gasteiger partial charge in [-0.05, 0) is 24.3 Å². The van der Waals surface area contributed by atoms with Gasteiger partial charge >= 0.3 is 0 Å². The lowest BCUT2D eigenvalue weighted by Crippen LogP contribution is -1.96. The predicted octanol–water partition coefficient (Wildman–Crippen LogP) is 2.60. The van der Waals surface area contributed by atoms with Crippen molar-refractivity contribution in [3.63, 3.8) is 0 Å². The molecular formula is C12H10ClN3O. The van der Waals surface area contributed by atoms with E-state index in [4.69, 9.17) is 21.6 Å². The lowest BCUT2D eigenvalue weighted by Gasteiger charge is -2.05. The Morgan fingerprint density at radius 3 is 2.94 bits per heavy atom. The van der Waals surface area contributed by atoms with Gasteiger partial charge in [0.25, 0.3) is 0 Å². The van der Waals surface area contributed by atoms with Crippen molar-refractivity contribution >= 4 is 11.6 Å². The summed E-state index contributed by atoms with van der Waals surface area (Å²) in [5, 5.41) is 13.4. The summed E-state index contributed by atoms with van der Waals surface area (Å²) in [5.74, 6) is 0.625. The van der Waals surface area contributed by atoms with Crippen LogP contribution in [0.25, 0.3) is 5.69 Å². The highest BCUT2D eigenvalue weighted by Gasteiger charge is 2.05. The number of nitrogens with zero attached hydrogens (tertiary/aromatic N) is 3. The van der Waals surface area contributed by atoms with Crippen LogP contribution in [0.1, 0.15) is 5.69 Å². The highest BCUT2D eigenvalue weighted by atomic mass is 35.5. The minimum atomic E-state index is 0.302. The van der Waals surface area contributed by atoms with Gasteiger partial charge in [0.15, 0.2) is 0 Å². The zero-order chi connectivity index (χ0) is 12.3. The molecule has 0 atom stereocenters. The normalized spacial score (nSPS) is 9.94. The predicted molar refractivity (Wildman–Crippen MR) is 64.4 cm³/mol. The quantitative estimate of drug-likeness (QED) is 0.838. The molecule has 0 aliphatic rings. The maximum Gasteiger partial charge on any atom is 0.137 e. The van der Waals surface area contributed by atoms with E-state index in [2.05, 4.69) is 11.2 Å². The third kappa shape index (κ3) is 2.40. The first kappa shape index (κ1) is 11.5. The third-order valence-electron chi connectivity index (χ3n) is 2.30. The number of nitriles is 1. The minimum absolute atomic E-state index is 0.302. The number of methoxy groups -OCH3 is 1. The molecule has 0 bridgehead atoms. The lowest BCUT2D eigenvalue weighted by molar-refractivity contribution is 0.415. The van der Waals surface area contributed by atoms with Crippen LogP contribution in [-0.2, 0) is 6.42 Å². The molecule has 0 amide bonds. The van der Waals surface area contributed by atoms with Gasteiger partial charge < -0.3 is 4.74 Å². The standard InChI is InChI=1S/C12H10ClN3O/c1-17-12-3-2-10(8-11(12)13)16-7-5-9(15-16)4-6-14/h2-3,5,7-8H,4H2,1H3. The summed E-state index contributed by atoms with van der Waals surface area (Å²) in [6.07, 6.45) is 2.10. The molecule has 0 N–H and O–H groups in total. The monoisotopic (exact) mass is 247 g/mol. The van der Waals surface area contributed by atoms with Crippen molar-refractivity contribution in [1.82, 2.24) is 9.78 Å². The molecule has 1 heterocycles. The third-order valence-corrected chi connectivity index (χ3v) is 2.60. The number of rotatable bonds is 3. The van der Waals surface area contributed by atoms with E-state index in [9.17, 15) is 0 Å². The maximum absolute atomic E-state index is 8.58. The fourth-order valence-electron chi connectivity index (χ4n) is 1.48. The smallest absolute Gasteiger partial charge is 0.137 e. The van der Waals surface area contributed by atoms with Crippen molar-refractivity contribution in [3.8, 4) is 17.5 Å². The van der Waals surface area contributed by atoms with Crippen molar-refractivity contribution in [3.05, 3.63) is 41.2 Å². The van der Waals surface area contributed by atoms with E-state index in [1.807, 2.05) is 6.07 Å². The van der Waals surface area contributed by atoms with Crippen LogP contribution >= 0.6 is 11.6 Å². The summed E-state index contributed by atoms with van der Waals surface area (Å²) in [6.45, 7) is 0. The Labute approximate surface area is 104 Å². The molecular weight excluding hydrogens is 238 g/mol. The maximum atomic E-state index is 8.58. The average Bonchev–Trinajstić information content (AvgIpc) is 2.78. The van der Waals surface area contributed by atoms with E-state index in [0.717, 1.165) is 11.4 Å². The van der Waals surface area contributed by atoms with Crippen LogP contribution in [0.5, 0.6) is 5.75 Å². The van der Waals surface area contributed by atoms with Gasteiger partial charge in [-0.15, -0.1) is 0 Å². The largest absolute Gasteiger partial charge is 0.495 e. The molecule has 0 radical (unpaired) electrons. The van der Waals surface area contributed by atoms with Crippen LogP contribution in [0.2, 0.25) is 5.02 Å². The van der Waals surface area contributed by atoms with Crippen molar-refractivity contribution in [1.29, 1.82) is 5.26 Å². The van der Waals surface area contributed by atoms with Gasteiger partial charge in [0.1, 0.15) is 5.75 Å². The van der Waals surface area contributed by atoms with E-state index in [0.29, 0.717) is 17.2 Å². The molecule has 0 aliphatic heterocycles. The van der Waals surface area contributed by atoms with Gasteiger partial charge in [0.05, 0.1) is 36.0 Å². The summed E-state index contributed by atoms with van der Waals surface area (Å²) < 4.78 is 6.75. The molecule has 0 aliphatic carbocycles. The van der Waals surface area contributed by atoms with Gasteiger partial charge in [0, 0.05) is 6.20 Å². The number of aromatic nitrogens is 2. The molecule has 0 spiro atoms. The molecule has 5 heteroatoms. The van der Waals surface area contributed by atoms with Crippen molar-refractivity contribution < 1.29 is 4.74 Å². The molecule has 0 fully saturated rings. The lowest BCUT2D eigenvalue weighted by atomic mass is 10.3. The van der Waals surface area contributed by atoms with Gasteiger partial charge in [-0.2, -0.15) is 10.4 Å². The molecule has 2 aromatic rings. The molecule has 0 saturated heterocycles. The second kappa shape index (κ2) is 4.89. The highest BCUT2D eigenvalue weighted by Crippen LogP contribution is 2.26. The summed E-state index contributed by atoms with van der Waals surface area (Å²) in [4.78, 5) is 0. The first-order chi connectivity index (χ1) is 8.24. The number of hydrogen-bond acceptors (Lipinski definition) is 3. The van der Waals surface area contributed by atoms with Crippen LogP contribution in [0, 0.1) is 11.3 Å². The van der Waals surface area contributed by atoms with E-state index < -0.39 is 0 Å². The topological polar surface area (TPSA) is 50.8 Å². The minimum Gasteiger partial charge on any atom is -0.495 e. The summed E-state index contributed by atoms with van der Waals surface area (Å²) >= 11 is 6.03. The van der Waals surface area contributed by atoms with E-state index in [-0.39, 0.29) is 0 Å².